The molecular formula is C14H17Br2N2O5P. The summed E-state index contributed by atoms with van der Waals surface area (Å²) in [6, 6.07) is 11.2. The summed E-state index contributed by atoms with van der Waals surface area (Å²) in [5.74, 6) is 1.58. The molecule has 0 aliphatic rings. The lowest BCUT2D eigenvalue weighted by Gasteiger charge is -2.13. The van der Waals surface area contributed by atoms with E-state index in [4.69, 9.17) is 35.4 Å². The molecule has 0 unspecified atom stereocenters. The van der Waals surface area contributed by atoms with Crippen LogP contribution in [0.15, 0.2) is 36.4 Å². The maximum absolute atomic E-state index is 8.88. The number of anilines is 2. The first-order chi connectivity index (χ1) is 11.1. The fourth-order valence-corrected chi connectivity index (χ4v) is 2.60. The van der Waals surface area contributed by atoms with E-state index in [1.54, 1.807) is 0 Å². The van der Waals surface area contributed by atoms with Gasteiger partial charge in [-0.2, -0.15) is 0 Å². The molecule has 132 valence electrons. The summed E-state index contributed by atoms with van der Waals surface area (Å²) in [5, 5.41) is 1.37. The van der Waals surface area contributed by atoms with E-state index in [1.165, 1.54) is 0 Å². The van der Waals surface area contributed by atoms with Gasteiger partial charge in [-0.05, 0) is 36.4 Å². The Morgan fingerprint density at radius 3 is 1.50 bits per heavy atom. The molecule has 0 amide bonds. The van der Waals surface area contributed by atoms with Crippen LogP contribution in [0, 0.1) is 0 Å². The fourth-order valence-electron chi connectivity index (χ4n) is 1.73. The molecule has 2 aromatic rings. The molecule has 0 saturated heterocycles. The number of benzene rings is 2. The number of nitrogens with two attached hydrogens (primary N) is 2. The van der Waals surface area contributed by atoms with Crippen LogP contribution in [0.25, 0.3) is 0 Å². The molecule has 0 aromatic heterocycles. The number of rotatable bonds is 4. The van der Waals surface area contributed by atoms with Crippen molar-refractivity contribution in [2.45, 2.75) is 10.7 Å². The van der Waals surface area contributed by atoms with Gasteiger partial charge in [-0.3, -0.25) is 0 Å². The highest BCUT2D eigenvalue weighted by Gasteiger charge is 2.08. The predicted octanol–water partition coefficient (Wildman–Crippen LogP) is 3.50. The molecule has 10 heteroatoms. The number of nitrogen functional groups attached to an aromatic ring is 2. The minimum Gasteiger partial charge on any atom is -0.457 e. The molecule has 7 N–H and O–H groups in total. The molecule has 0 fully saturated rings. The fraction of sp³-hybridized carbons (Fsp3) is 0.143. The summed E-state index contributed by atoms with van der Waals surface area (Å²) in [6.07, 6.45) is 0. The van der Waals surface area contributed by atoms with Crippen LogP contribution in [-0.2, 0) is 15.2 Å². The van der Waals surface area contributed by atoms with E-state index in [0.29, 0.717) is 10.7 Å². The van der Waals surface area contributed by atoms with E-state index in [0.717, 1.165) is 34.0 Å². The Kier molecular flexibility index (Phi) is 8.21. The van der Waals surface area contributed by atoms with Crippen molar-refractivity contribution < 1.29 is 24.0 Å². The van der Waals surface area contributed by atoms with E-state index in [-0.39, 0.29) is 0 Å². The lowest BCUT2D eigenvalue weighted by molar-refractivity contribution is 0.275. The molecule has 0 heterocycles. The van der Waals surface area contributed by atoms with E-state index < -0.39 is 7.82 Å². The molecule has 0 radical (unpaired) electrons. The Hall–Kier alpha value is -1.09. The van der Waals surface area contributed by atoms with Crippen molar-refractivity contribution in [3.63, 3.8) is 0 Å². The van der Waals surface area contributed by atoms with Gasteiger partial charge in [0.25, 0.3) is 0 Å². The first kappa shape index (κ1) is 21.0. The smallest absolute Gasteiger partial charge is 0.457 e. The third-order valence-electron chi connectivity index (χ3n) is 2.68. The second-order valence-electron chi connectivity index (χ2n) is 4.62. The van der Waals surface area contributed by atoms with E-state index in [9.17, 15) is 0 Å². The summed E-state index contributed by atoms with van der Waals surface area (Å²) in [6.45, 7) is 0. The zero-order valence-corrected chi connectivity index (χ0v) is 16.5. The molecule has 7 nitrogen and oxygen atoms in total. The largest absolute Gasteiger partial charge is 0.466 e. The number of ether oxygens (including phenoxy) is 1. The molecular weight excluding hydrogens is 467 g/mol. The van der Waals surface area contributed by atoms with Gasteiger partial charge in [0.1, 0.15) is 11.5 Å². The quantitative estimate of drug-likeness (QED) is 0.254. The summed E-state index contributed by atoms with van der Waals surface area (Å²) in [5.41, 5.74) is 15.0. The average Bonchev–Trinajstić information content (AvgIpc) is 2.48. The Balaban J connectivity index is 0.000000505. The van der Waals surface area contributed by atoms with Crippen LogP contribution in [0.4, 0.5) is 11.4 Å². The zero-order chi connectivity index (χ0) is 18.3. The maximum Gasteiger partial charge on any atom is 0.466 e. The highest BCUT2D eigenvalue weighted by Crippen LogP contribution is 2.32. The van der Waals surface area contributed by atoms with E-state index >= 15 is 0 Å². The summed E-state index contributed by atoms with van der Waals surface area (Å²) in [4.78, 5) is 21.6. The van der Waals surface area contributed by atoms with Gasteiger partial charge < -0.3 is 30.9 Å². The van der Waals surface area contributed by atoms with E-state index in [1.807, 2.05) is 36.4 Å². The van der Waals surface area contributed by atoms with Crippen LogP contribution < -0.4 is 16.2 Å². The summed E-state index contributed by atoms with van der Waals surface area (Å²) in [7, 11) is -4.64. The van der Waals surface area contributed by atoms with Crippen LogP contribution in [0.1, 0.15) is 11.1 Å². The SMILES string of the molecule is Nc1ccc(Oc2ccc(N)cc2CBr)c(CBr)c1.O=P(O)(O)O. The van der Waals surface area contributed by atoms with Crippen molar-refractivity contribution in [2.24, 2.45) is 0 Å². The van der Waals surface area contributed by atoms with Gasteiger partial charge in [0.05, 0.1) is 0 Å². The summed E-state index contributed by atoms with van der Waals surface area (Å²) < 4.78 is 14.8. The van der Waals surface area contributed by atoms with Crippen LogP contribution in [-0.4, -0.2) is 14.7 Å². The Morgan fingerprint density at radius 2 is 1.21 bits per heavy atom. The zero-order valence-electron chi connectivity index (χ0n) is 12.4. The molecule has 0 atom stereocenters. The number of halogens is 2. The van der Waals surface area contributed by atoms with Gasteiger partial charge in [-0.25, -0.2) is 4.57 Å². The Bertz CT molecular complexity index is 679. The summed E-state index contributed by atoms with van der Waals surface area (Å²) >= 11 is 6.88. The minimum atomic E-state index is -4.64. The number of hydrogen-bond donors (Lipinski definition) is 5. The van der Waals surface area contributed by atoms with Crippen LogP contribution >= 0.6 is 39.7 Å². The highest BCUT2D eigenvalue weighted by molar-refractivity contribution is 9.08. The molecule has 0 saturated carbocycles. The first-order valence-corrected chi connectivity index (χ1v) is 10.3. The third-order valence-corrected chi connectivity index (χ3v) is 3.89. The van der Waals surface area contributed by atoms with Crippen molar-refractivity contribution in [3.8, 4) is 11.5 Å². The van der Waals surface area contributed by atoms with Gasteiger partial charge in [-0.15, -0.1) is 0 Å². The molecule has 0 aliphatic heterocycles. The molecule has 2 rings (SSSR count). The lowest BCUT2D eigenvalue weighted by atomic mass is 10.2. The maximum atomic E-state index is 8.88. The second-order valence-corrected chi connectivity index (χ2v) is 6.76. The second kappa shape index (κ2) is 9.41. The van der Waals surface area contributed by atoms with Gasteiger partial charge >= 0.3 is 7.82 Å². The molecule has 2 aromatic carbocycles. The highest BCUT2D eigenvalue weighted by atomic mass is 79.9. The van der Waals surface area contributed by atoms with Gasteiger partial charge in [0.2, 0.25) is 0 Å². The van der Waals surface area contributed by atoms with Crippen LogP contribution in [0.5, 0.6) is 11.5 Å². The molecule has 0 spiro atoms. The third kappa shape index (κ3) is 7.65. The Labute approximate surface area is 156 Å². The van der Waals surface area contributed by atoms with Gasteiger partial charge in [0.15, 0.2) is 0 Å². The average molecular weight is 484 g/mol. The molecule has 24 heavy (non-hydrogen) atoms. The number of hydrogen-bond acceptors (Lipinski definition) is 4. The normalized spacial score (nSPS) is 10.7. The predicted molar refractivity (Wildman–Crippen MR) is 101 cm³/mol. The number of alkyl halides is 2. The van der Waals surface area contributed by atoms with Gasteiger partial charge in [-0.1, -0.05) is 31.9 Å². The van der Waals surface area contributed by atoms with Crippen molar-refractivity contribution in [1.82, 2.24) is 0 Å². The molecule has 0 aliphatic carbocycles. The number of phosphoric acid groups is 1. The van der Waals surface area contributed by atoms with Crippen molar-refractivity contribution >= 4 is 51.1 Å². The molecule has 0 bridgehead atoms. The standard InChI is InChI=1S/C14H14Br2N2O.H3O4P/c15-7-9-5-11(17)1-3-13(9)19-14-4-2-12(18)6-10(14)8-16;1-5(2,3)4/h1-6H,7-8,17-18H2;(H3,1,2,3,4). The first-order valence-electron chi connectivity index (χ1n) is 6.49. The van der Waals surface area contributed by atoms with Crippen molar-refractivity contribution in [2.75, 3.05) is 11.5 Å². The topological polar surface area (TPSA) is 139 Å². The lowest BCUT2D eigenvalue weighted by Crippen LogP contribution is -1.96. The van der Waals surface area contributed by atoms with Crippen LogP contribution in [0.2, 0.25) is 0 Å². The monoisotopic (exact) mass is 482 g/mol. The van der Waals surface area contributed by atoms with Gasteiger partial charge in [0, 0.05) is 33.2 Å². The van der Waals surface area contributed by atoms with Crippen molar-refractivity contribution in [3.05, 3.63) is 47.5 Å². The van der Waals surface area contributed by atoms with E-state index in [2.05, 4.69) is 31.9 Å². The van der Waals surface area contributed by atoms with Crippen molar-refractivity contribution in [1.29, 1.82) is 0 Å². The Morgan fingerprint density at radius 1 is 0.875 bits per heavy atom. The van der Waals surface area contributed by atoms with Crippen LogP contribution in [0.3, 0.4) is 0 Å². The minimum absolute atomic E-state index is 0.686.